The van der Waals surface area contributed by atoms with Crippen molar-refractivity contribution in [2.24, 2.45) is 11.7 Å². The topological polar surface area (TPSA) is 42.2 Å². The molecule has 0 spiro atoms. The summed E-state index contributed by atoms with van der Waals surface area (Å²) in [5.41, 5.74) is 8.92. The molecule has 0 bridgehead atoms. The highest BCUT2D eigenvalue weighted by atomic mass is 32.1. The largest absolute Gasteiger partial charge is 0.329 e. The first-order chi connectivity index (χ1) is 7.22. The van der Waals surface area contributed by atoms with E-state index in [0.717, 1.165) is 19.0 Å². The smallest absolute Gasteiger partial charge is 0.0798 e. The summed E-state index contributed by atoms with van der Waals surface area (Å²) < 4.78 is 0. The molecular weight excluding hydrogens is 206 g/mol. The van der Waals surface area contributed by atoms with Crippen LogP contribution in [-0.4, -0.2) is 29.5 Å². The Morgan fingerprint density at radius 2 is 2.40 bits per heavy atom. The van der Waals surface area contributed by atoms with E-state index in [1.165, 1.54) is 23.4 Å². The zero-order valence-electron chi connectivity index (χ0n) is 9.44. The average molecular weight is 225 g/mol. The van der Waals surface area contributed by atoms with Crippen LogP contribution in [0.4, 0.5) is 0 Å². The second-order valence-corrected chi connectivity index (χ2v) is 5.36. The second-order valence-electron chi connectivity index (χ2n) is 4.42. The zero-order valence-corrected chi connectivity index (χ0v) is 10.3. The van der Waals surface area contributed by atoms with Gasteiger partial charge in [-0.1, -0.05) is 0 Å². The number of nitrogens with zero attached hydrogens (tertiary/aromatic N) is 2. The molecular formula is C11H19N3S. The van der Waals surface area contributed by atoms with Gasteiger partial charge in [0.05, 0.1) is 11.2 Å². The van der Waals surface area contributed by atoms with Gasteiger partial charge in [-0.15, -0.1) is 11.3 Å². The van der Waals surface area contributed by atoms with Crippen molar-refractivity contribution in [3.8, 4) is 0 Å². The third kappa shape index (κ3) is 2.56. The molecule has 0 aliphatic heterocycles. The Morgan fingerprint density at radius 1 is 1.67 bits per heavy atom. The van der Waals surface area contributed by atoms with Gasteiger partial charge in [0.2, 0.25) is 0 Å². The molecule has 1 saturated carbocycles. The van der Waals surface area contributed by atoms with Crippen molar-refractivity contribution in [2.75, 3.05) is 13.6 Å². The van der Waals surface area contributed by atoms with Gasteiger partial charge in [0, 0.05) is 24.0 Å². The van der Waals surface area contributed by atoms with E-state index in [1.54, 1.807) is 11.3 Å². The molecule has 0 saturated heterocycles. The molecule has 2 N–H and O–H groups in total. The standard InChI is InChI=1S/C11H19N3S/c1-8-11(15-7-13-8)6-14(2)10(5-12)9-3-4-9/h7,9-10H,3-6,12H2,1-2H3. The highest BCUT2D eigenvalue weighted by Gasteiger charge is 2.32. The van der Waals surface area contributed by atoms with Crippen molar-refractivity contribution >= 4 is 11.3 Å². The SMILES string of the molecule is Cc1ncsc1CN(C)C(CN)C1CC1. The molecule has 1 heterocycles. The molecule has 0 radical (unpaired) electrons. The number of rotatable bonds is 5. The lowest BCUT2D eigenvalue weighted by Gasteiger charge is -2.26. The van der Waals surface area contributed by atoms with E-state index in [4.69, 9.17) is 5.73 Å². The predicted octanol–water partition coefficient (Wildman–Crippen LogP) is 1.62. The van der Waals surface area contributed by atoms with Crippen molar-refractivity contribution in [3.63, 3.8) is 0 Å². The van der Waals surface area contributed by atoms with Crippen LogP contribution in [0.15, 0.2) is 5.51 Å². The third-order valence-corrected chi connectivity index (χ3v) is 4.13. The van der Waals surface area contributed by atoms with Crippen molar-refractivity contribution < 1.29 is 0 Å². The Hall–Kier alpha value is -0.450. The lowest BCUT2D eigenvalue weighted by atomic mass is 10.1. The first kappa shape index (κ1) is 11.0. The molecule has 1 aliphatic rings. The summed E-state index contributed by atoms with van der Waals surface area (Å²) in [4.78, 5) is 8.03. The van der Waals surface area contributed by atoms with E-state index >= 15 is 0 Å². The molecule has 3 nitrogen and oxygen atoms in total. The van der Waals surface area contributed by atoms with Crippen LogP contribution >= 0.6 is 11.3 Å². The van der Waals surface area contributed by atoms with Gasteiger partial charge in [0.15, 0.2) is 0 Å². The molecule has 0 amide bonds. The number of thiazole rings is 1. The van der Waals surface area contributed by atoms with Gasteiger partial charge >= 0.3 is 0 Å². The number of hydrogen-bond donors (Lipinski definition) is 1. The van der Waals surface area contributed by atoms with Crippen LogP contribution in [0.25, 0.3) is 0 Å². The average Bonchev–Trinajstić information content (AvgIpc) is 2.95. The van der Waals surface area contributed by atoms with Gasteiger partial charge in [-0.2, -0.15) is 0 Å². The van der Waals surface area contributed by atoms with Gasteiger partial charge in [0.25, 0.3) is 0 Å². The number of aryl methyl sites for hydroxylation is 1. The molecule has 2 rings (SSSR count). The third-order valence-electron chi connectivity index (χ3n) is 3.21. The minimum absolute atomic E-state index is 0.562. The number of aromatic nitrogens is 1. The summed E-state index contributed by atoms with van der Waals surface area (Å²) in [5, 5.41) is 0. The maximum Gasteiger partial charge on any atom is 0.0798 e. The van der Waals surface area contributed by atoms with Crippen LogP contribution in [0.1, 0.15) is 23.4 Å². The second kappa shape index (κ2) is 4.60. The molecule has 1 fully saturated rings. The lowest BCUT2D eigenvalue weighted by molar-refractivity contribution is 0.217. The molecule has 84 valence electrons. The van der Waals surface area contributed by atoms with Crippen molar-refractivity contribution in [2.45, 2.75) is 32.4 Å². The first-order valence-corrected chi connectivity index (χ1v) is 6.39. The fraction of sp³-hybridized carbons (Fsp3) is 0.727. The molecule has 4 heteroatoms. The molecule has 1 atom stereocenters. The zero-order chi connectivity index (χ0) is 10.8. The Balaban J connectivity index is 1.95. The van der Waals surface area contributed by atoms with Crippen LogP contribution < -0.4 is 5.73 Å². The van der Waals surface area contributed by atoms with Crippen LogP contribution in [-0.2, 0) is 6.54 Å². The number of likely N-dealkylation sites (N-methyl/N-ethyl adjacent to an activating group) is 1. The summed E-state index contributed by atoms with van der Waals surface area (Å²) in [6.45, 7) is 3.85. The first-order valence-electron chi connectivity index (χ1n) is 5.51. The van der Waals surface area contributed by atoms with Gasteiger partial charge in [-0.05, 0) is 32.7 Å². The van der Waals surface area contributed by atoms with Crippen LogP contribution in [0.2, 0.25) is 0 Å². The van der Waals surface area contributed by atoms with Gasteiger partial charge in [0.1, 0.15) is 0 Å². The quantitative estimate of drug-likeness (QED) is 0.828. The lowest BCUT2D eigenvalue weighted by Crippen LogP contribution is -2.39. The molecule has 1 aromatic rings. The Labute approximate surface area is 95.3 Å². The summed E-state index contributed by atoms with van der Waals surface area (Å²) in [5.74, 6) is 0.841. The van der Waals surface area contributed by atoms with Crippen molar-refractivity contribution in [1.82, 2.24) is 9.88 Å². The van der Waals surface area contributed by atoms with E-state index in [9.17, 15) is 0 Å². The van der Waals surface area contributed by atoms with Gasteiger partial charge in [-0.25, -0.2) is 4.98 Å². The fourth-order valence-electron chi connectivity index (χ4n) is 2.04. The molecule has 15 heavy (non-hydrogen) atoms. The monoisotopic (exact) mass is 225 g/mol. The fourth-order valence-corrected chi connectivity index (χ4v) is 2.87. The maximum absolute atomic E-state index is 5.83. The van der Waals surface area contributed by atoms with Crippen LogP contribution in [0.5, 0.6) is 0 Å². The maximum atomic E-state index is 5.83. The summed E-state index contributed by atoms with van der Waals surface area (Å²) >= 11 is 1.74. The minimum atomic E-state index is 0.562. The van der Waals surface area contributed by atoms with Crippen LogP contribution in [0, 0.1) is 12.8 Å². The molecule has 1 aliphatic carbocycles. The normalized spacial score (nSPS) is 18.4. The van der Waals surface area contributed by atoms with E-state index in [0.29, 0.717) is 6.04 Å². The van der Waals surface area contributed by atoms with E-state index in [2.05, 4.69) is 23.9 Å². The van der Waals surface area contributed by atoms with Crippen molar-refractivity contribution in [1.29, 1.82) is 0 Å². The Kier molecular flexibility index (Phi) is 3.38. The predicted molar refractivity (Wildman–Crippen MR) is 63.9 cm³/mol. The molecule has 1 unspecified atom stereocenters. The highest BCUT2D eigenvalue weighted by molar-refractivity contribution is 7.09. The number of nitrogens with two attached hydrogens (primary N) is 1. The minimum Gasteiger partial charge on any atom is -0.329 e. The van der Waals surface area contributed by atoms with Gasteiger partial charge in [-0.3, -0.25) is 4.90 Å². The van der Waals surface area contributed by atoms with Crippen LogP contribution in [0.3, 0.4) is 0 Å². The number of hydrogen-bond acceptors (Lipinski definition) is 4. The van der Waals surface area contributed by atoms with Crippen molar-refractivity contribution in [3.05, 3.63) is 16.1 Å². The Bertz CT molecular complexity index is 319. The molecule has 0 aromatic carbocycles. The Morgan fingerprint density at radius 3 is 2.87 bits per heavy atom. The summed E-state index contributed by atoms with van der Waals surface area (Å²) in [6, 6.07) is 0.562. The highest BCUT2D eigenvalue weighted by Crippen LogP contribution is 2.35. The summed E-state index contributed by atoms with van der Waals surface area (Å²) in [7, 11) is 2.18. The van der Waals surface area contributed by atoms with E-state index in [-0.39, 0.29) is 0 Å². The van der Waals surface area contributed by atoms with E-state index < -0.39 is 0 Å². The molecule has 1 aromatic heterocycles. The summed E-state index contributed by atoms with van der Waals surface area (Å²) in [6.07, 6.45) is 2.71. The van der Waals surface area contributed by atoms with E-state index in [1.807, 2.05) is 5.51 Å². The van der Waals surface area contributed by atoms with Gasteiger partial charge < -0.3 is 5.73 Å².